The van der Waals surface area contributed by atoms with E-state index in [2.05, 4.69) is 33.1 Å². The minimum absolute atomic E-state index is 0.0367. The van der Waals surface area contributed by atoms with Crippen LogP contribution in [-0.2, 0) is 22.7 Å². The van der Waals surface area contributed by atoms with Crippen molar-refractivity contribution in [3.8, 4) is 5.75 Å². The van der Waals surface area contributed by atoms with E-state index in [0.29, 0.717) is 18.0 Å². The number of rotatable bonds is 6. The first-order valence-corrected chi connectivity index (χ1v) is 10.4. The van der Waals surface area contributed by atoms with Crippen LogP contribution in [0, 0.1) is 0 Å². The van der Waals surface area contributed by atoms with E-state index in [1.54, 1.807) is 12.1 Å². The lowest BCUT2D eigenvalue weighted by atomic mass is 10.1. The van der Waals surface area contributed by atoms with Crippen molar-refractivity contribution in [3.63, 3.8) is 0 Å². The van der Waals surface area contributed by atoms with Crippen molar-refractivity contribution >= 4 is 28.5 Å². The van der Waals surface area contributed by atoms with Gasteiger partial charge in [-0.15, -0.1) is 0 Å². The van der Waals surface area contributed by atoms with Crippen LogP contribution in [0.3, 0.4) is 0 Å². The van der Waals surface area contributed by atoms with E-state index >= 15 is 0 Å². The molecule has 3 aromatic carbocycles. The molecule has 0 bridgehead atoms. The number of anilines is 1. The molecule has 2 amide bonds. The summed E-state index contributed by atoms with van der Waals surface area (Å²) in [7, 11) is 0. The summed E-state index contributed by atoms with van der Waals surface area (Å²) in [6.07, 6.45) is 1.85. The molecular weight excluding hydrogens is 404 g/mol. The topological polar surface area (TPSA) is 76.5 Å². The minimum Gasteiger partial charge on any atom is -0.482 e. The van der Waals surface area contributed by atoms with Gasteiger partial charge in [-0.3, -0.25) is 14.5 Å². The van der Waals surface area contributed by atoms with Crippen molar-refractivity contribution < 1.29 is 14.3 Å². The maximum absolute atomic E-state index is 12.5. The second-order valence-corrected chi connectivity index (χ2v) is 7.69. The number of nitrogens with one attached hydrogen (secondary N) is 1. The lowest BCUT2D eigenvalue weighted by molar-refractivity contribution is -0.125. The Morgan fingerprint density at radius 2 is 1.72 bits per heavy atom. The normalized spacial score (nSPS) is 13.0. The molecule has 5 rings (SSSR count). The zero-order chi connectivity index (χ0) is 21.9. The average Bonchev–Trinajstić information content (AvgIpc) is 3.23. The van der Waals surface area contributed by atoms with Crippen molar-refractivity contribution in [1.82, 2.24) is 14.9 Å². The van der Waals surface area contributed by atoms with Crippen LogP contribution in [0.5, 0.6) is 5.75 Å². The van der Waals surface area contributed by atoms with Crippen LogP contribution in [0.25, 0.3) is 11.0 Å². The first-order valence-electron chi connectivity index (χ1n) is 10.4. The van der Waals surface area contributed by atoms with Gasteiger partial charge < -0.3 is 14.6 Å². The van der Waals surface area contributed by atoms with Gasteiger partial charge in [0.15, 0.2) is 6.61 Å². The molecule has 2 heterocycles. The SMILES string of the molecule is O=C(CN1C(=O)COc2ccccc21)NCc1ccc(Cn2cnc3ccccc32)cc1. The van der Waals surface area contributed by atoms with Crippen LogP contribution in [0.2, 0.25) is 0 Å². The number of nitrogens with zero attached hydrogens (tertiary/aromatic N) is 3. The van der Waals surface area contributed by atoms with E-state index in [4.69, 9.17) is 4.74 Å². The number of amides is 2. The van der Waals surface area contributed by atoms with E-state index in [9.17, 15) is 9.59 Å². The molecule has 0 spiro atoms. The minimum atomic E-state index is -0.227. The van der Waals surface area contributed by atoms with E-state index in [1.807, 2.05) is 48.8 Å². The fourth-order valence-electron chi connectivity index (χ4n) is 3.82. The van der Waals surface area contributed by atoms with Gasteiger partial charge in [0.25, 0.3) is 5.91 Å². The van der Waals surface area contributed by atoms with E-state index in [-0.39, 0.29) is 25.0 Å². The summed E-state index contributed by atoms with van der Waals surface area (Å²) in [5.74, 6) is 0.167. The molecule has 0 unspecified atom stereocenters. The lowest BCUT2D eigenvalue weighted by Gasteiger charge is -2.28. The number of imidazole rings is 1. The second kappa shape index (κ2) is 8.55. The fourth-order valence-corrected chi connectivity index (χ4v) is 3.82. The van der Waals surface area contributed by atoms with E-state index < -0.39 is 0 Å². The quantitative estimate of drug-likeness (QED) is 0.514. The van der Waals surface area contributed by atoms with E-state index in [1.165, 1.54) is 4.90 Å². The van der Waals surface area contributed by atoms with Crippen molar-refractivity contribution in [2.45, 2.75) is 13.1 Å². The van der Waals surface area contributed by atoms with Crippen LogP contribution in [0.15, 0.2) is 79.1 Å². The Balaban J connectivity index is 1.18. The van der Waals surface area contributed by atoms with Gasteiger partial charge in [0.1, 0.15) is 12.3 Å². The fraction of sp³-hybridized carbons (Fsp3) is 0.160. The number of para-hydroxylation sites is 4. The van der Waals surface area contributed by atoms with Crippen molar-refractivity contribution in [3.05, 3.63) is 90.3 Å². The zero-order valence-electron chi connectivity index (χ0n) is 17.4. The number of aromatic nitrogens is 2. The highest BCUT2D eigenvalue weighted by Gasteiger charge is 2.26. The predicted octanol–water partition coefficient (Wildman–Crippen LogP) is 3.13. The van der Waals surface area contributed by atoms with Crippen molar-refractivity contribution in [2.75, 3.05) is 18.1 Å². The molecule has 0 radical (unpaired) electrons. The van der Waals surface area contributed by atoms with Crippen LogP contribution >= 0.6 is 0 Å². The molecule has 4 aromatic rings. The molecule has 7 heteroatoms. The standard InChI is InChI=1S/C25H22N4O3/c30-24(15-29-22-7-3-4-8-23(22)32-16-25(29)31)26-13-18-9-11-19(12-10-18)14-28-17-27-20-5-1-2-6-21(20)28/h1-12,17H,13-16H2,(H,26,30). The summed E-state index contributed by atoms with van der Waals surface area (Å²) >= 11 is 0. The number of fused-ring (bicyclic) bond motifs is 2. The monoisotopic (exact) mass is 426 g/mol. The summed E-state index contributed by atoms with van der Waals surface area (Å²) in [6, 6.07) is 23.4. The molecule has 1 aromatic heterocycles. The molecule has 1 aliphatic rings. The number of ether oxygens (including phenoxy) is 1. The van der Waals surface area contributed by atoms with Gasteiger partial charge in [0.05, 0.1) is 23.0 Å². The third-order valence-corrected chi connectivity index (χ3v) is 5.50. The van der Waals surface area contributed by atoms with Crippen LogP contribution in [-0.4, -0.2) is 34.5 Å². The summed E-state index contributed by atoms with van der Waals surface area (Å²) in [4.78, 5) is 30.6. The largest absolute Gasteiger partial charge is 0.482 e. The summed E-state index contributed by atoms with van der Waals surface area (Å²) < 4.78 is 7.53. The predicted molar refractivity (Wildman–Crippen MR) is 121 cm³/mol. The summed E-state index contributed by atoms with van der Waals surface area (Å²) in [6.45, 7) is 1.03. The average molecular weight is 426 g/mol. The molecule has 0 saturated heterocycles. The Morgan fingerprint density at radius 3 is 2.59 bits per heavy atom. The molecule has 1 N–H and O–H groups in total. The van der Waals surface area contributed by atoms with Gasteiger partial charge in [0.2, 0.25) is 5.91 Å². The molecular formula is C25H22N4O3. The molecule has 32 heavy (non-hydrogen) atoms. The van der Waals surface area contributed by atoms with Crippen molar-refractivity contribution in [1.29, 1.82) is 0 Å². The molecule has 0 aliphatic carbocycles. The third-order valence-electron chi connectivity index (χ3n) is 5.50. The van der Waals surface area contributed by atoms with Crippen LogP contribution in [0.1, 0.15) is 11.1 Å². The molecule has 0 saturated carbocycles. The number of hydrogen-bond donors (Lipinski definition) is 1. The second-order valence-electron chi connectivity index (χ2n) is 7.69. The Labute approximate surface area is 185 Å². The number of carbonyl (C=O) groups is 2. The smallest absolute Gasteiger partial charge is 0.265 e. The zero-order valence-corrected chi connectivity index (χ0v) is 17.4. The van der Waals surface area contributed by atoms with Gasteiger partial charge in [-0.25, -0.2) is 4.98 Å². The van der Waals surface area contributed by atoms with Gasteiger partial charge >= 0.3 is 0 Å². The highest BCUT2D eigenvalue weighted by molar-refractivity contribution is 6.02. The van der Waals surface area contributed by atoms with Gasteiger partial charge in [-0.2, -0.15) is 0 Å². The molecule has 160 valence electrons. The Bertz CT molecular complexity index is 1280. The Morgan fingerprint density at radius 1 is 0.969 bits per heavy atom. The number of carbonyl (C=O) groups excluding carboxylic acids is 2. The maximum Gasteiger partial charge on any atom is 0.265 e. The van der Waals surface area contributed by atoms with E-state index in [0.717, 1.165) is 28.7 Å². The van der Waals surface area contributed by atoms with Crippen LogP contribution in [0.4, 0.5) is 5.69 Å². The summed E-state index contributed by atoms with van der Waals surface area (Å²) in [5, 5.41) is 2.90. The van der Waals surface area contributed by atoms with Gasteiger partial charge in [-0.1, -0.05) is 48.5 Å². The molecule has 7 nitrogen and oxygen atoms in total. The Hall–Kier alpha value is -4.13. The molecule has 0 atom stereocenters. The first-order chi connectivity index (χ1) is 15.7. The highest BCUT2D eigenvalue weighted by Crippen LogP contribution is 2.31. The molecule has 0 fully saturated rings. The lowest BCUT2D eigenvalue weighted by Crippen LogP contribution is -2.45. The van der Waals surface area contributed by atoms with Gasteiger partial charge in [-0.05, 0) is 35.4 Å². The third kappa shape index (κ3) is 4.05. The first kappa shape index (κ1) is 19.8. The summed E-state index contributed by atoms with van der Waals surface area (Å²) in [5.41, 5.74) is 4.84. The van der Waals surface area contributed by atoms with Crippen LogP contribution < -0.4 is 15.0 Å². The number of benzene rings is 3. The maximum atomic E-state index is 12.5. The Kier molecular flexibility index (Phi) is 5.29. The number of hydrogen-bond acceptors (Lipinski definition) is 4. The van der Waals surface area contributed by atoms with Crippen molar-refractivity contribution in [2.24, 2.45) is 0 Å². The van der Waals surface area contributed by atoms with Gasteiger partial charge in [0, 0.05) is 13.1 Å². The molecule has 1 aliphatic heterocycles. The highest BCUT2D eigenvalue weighted by atomic mass is 16.5.